The summed E-state index contributed by atoms with van der Waals surface area (Å²) >= 11 is 7.28. The third-order valence-corrected chi connectivity index (χ3v) is 4.24. The van der Waals surface area contributed by atoms with Crippen molar-refractivity contribution < 1.29 is 18.0 Å². The number of thioether (sulfide) groups is 1. The zero-order valence-electron chi connectivity index (χ0n) is 12.2. The molecule has 0 aliphatic carbocycles. The van der Waals surface area contributed by atoms with Crippen molar-refractivity contribution in [3.8, 4) is 0 Å². The number of hydrogen-bond donors (Lipinski definition) is 0. The first-order valence-corrected chi connectivity index (χ1v) is 7.80. The minimum atomic E-state index is -4.54. The van der Waals surface area contributed by atoms with Gasteiger partial charge in [-0.15, -0.1) is 11.8 Å². The molecule has 0 spiro atoms. The van der Waals surface area contributed by atoms with E-state index in [1.165, 1.54) is 24.9 Å². The highest BCUT2D eigenvalue weighted by atomic mass is 35.5. The van der Waals surface area contributed by atoms with Gasteiger partial charge in [0.1, 0.15) is 15.8 Å². The molecule has 0 saturated heterocycles. The molecular weight excluding hydrogens is 339 g/mol. The van der Waals surface area contributed by atoms with Crippen LogP contribution in [-0.2, 0) is 18.1 Å². The van der Waals surface area contributed by atoms with Crippen molar-refractivity contribution in [1.82, 2.24) is 9.78 Å². The predicted octanol–water partition coefficient (Wildman–Crippen LogP) is 4.35. The van der Waals surface area contributed by atoms with Crippen LogP contribution < -0.4 is 0 Å². The van der Waals surface area contributed by atoms with Crippen molar-refractivity contribution in [3.63, 3.8) is 0 Å². The van der Waals surface area contributed by atoms with Crippen molar-refractivity contribution in [1.29, 1.82) is 0 Å². The second-order valence-electron chi connectivity index (χ2n) is 5.40. The second kappa shape index (κ2) is 6.16. The van der Waals surface area contributed by atoms with Crippen molar-refractivity contribution in [2.45, 2.75) is 32.0 Å². The lowest BCUT2D eigenvalue weighted by molar-refractivity contribution is -0.141. The number of hydrogen-bond acceptors (Lipinski definition) is 4. The summed E-state index contributed by atoms with van der Waals surface area (Å²) in [6, 6.07) is 0. The Bertz CT molecular complexity index is 623. The van der Waals surface area contributed by atoms with Crippen LogP contribution in [0, 0.1) is 0 Å². The molecule has 1 aliphatic heterocycles. The van der Waals surface area contributed by atoms with Crippen molar-refractivity contribution in [3.05, 3.63) is 22.5 Å². The Balaban J connectivity index is 2.02. The molecule has 1 aromatic heterocycles. The molecule has 4 nitrogen and oxygen atoms in total. The number of aryl methyl sites for hydroxylation is 1. The molecule has 2 rings (SSSR count). The van der Waals surface area contributed by atoms with E-state index >= 15 is 0 Å². The average molecular weight is 354 g/mol. The van der Waals surface area contributed by atoms with Crippen molar-refractivity contribution in [2.75, 3.05) is 5.75 Å². The number of halogens is 4. The van der Waals surface area contributed by atoms with Crippen LogP contribution in [0.25, 0.3) is 6.08 Å². The van der Waals surface area contributed by atoms with Gasteiger partial charge in [0.15, 0.2) is 5.69 Å². The fourth-order valence-corrected chi connectivity index (χ4v) is 2.98. The summed E-state index contributed by atoms with van der Waals surface area (Å²) in [7, 11) is 1.37. The van der Waals surface area contributed by atoms with E-state index in [1.54, 1.807) is 6.08 Å². The van der Waals surface area contributed by atoms with Gasteiger partial charge < -0.3 is 4.84 Å². The van der Waals surface area contributed by atoms with Crippen LogP contribution in [0.3, 0.4) is 0 Å². The summed E-state index contributed by atoms with van der Waals surface area (Å²) < 4.78 is 39.6. The van der Waals surface area contributed by atoms with Crippen LogP contribution in [-0.4, -0.2) is 26.2 Å². The molecule has 0 unspecified atom stereocenters. The highest BCUT2D eigenvalue weighted by Crippen LogP contribution is 2.35. The van der Waals surface area contributed by atoms with E-state index < -0.39 is 11.9 Å². The van der Waals surface area contributed by atoms with Gasteiger partial charge in [-0.05, 0) is 13.8 Å². The predicted molar refractivity (Wildman–Crippen MR) is 81.9 cm³/mol. The second-order valence-corrected chi connectivity index (χ2v) is 6.85. The van der Waals surface area contributed by atoms with Crippen molar-refractivity contribution in [2.24, 2.45) is 12.2 Å². The molecule has 122 valence electrons. The van der Waals surface area contributed by atoms with Gasteiger partial charge in [0.2, 0.25) is 0 Å². The largest absolute Gasteiger partial charge is 0.435 e. The first-order valence-electron chi connectivity index (χ1n) is 6.44. The number of nitrogens with zero attached hydrogens (tertiary/aromatic N) is 3. The average Bonchev–Trinajstić information content (AvgIpc) is 2.87. The lowest BCUT2D eigenvalue weighted by atomic mass is 10.1. The minimum Gasteiger partial charge on any atom is -0.389 e. The summed E-state index contributed by atoms with van der Waals surface area (Å²) in [6.07, 6.45) is -0.901. The zero-order valence-corrected chi connectivity index (χ0v) is 13.8. The Hall–Kier alpha value is -1.15. The number of rotatable bonds is 3. The van der Waals surface area contributed by atoms with Crippen LogP contribution in [0.2, 0.25) is 5.15 Å². The van der Waals surface area contributed by atoms with Gasteiger partial charge in [-0.3, -0.25) is 4.68 Å². The van der Waals surface area contributed by atoms with Gasteiger partial charge in [-0.2, -0.15) is 18.3 Å². The minimum absolute atomic E-state index is 0.0451. The maximum atomic E-state index is 12.9. The quantitative estimate of drug-likeness (QED) is 0.811. The third-order valence-electron chi connectivity index (χ3n) is 2.88. The van der Waals surface area contributed by atoms with Gasteiger partial charge in [0.25, 0.3) is 0 Å². The fourth-order valence-electron chi connectivity index (χ4n) is 1.87. The van der Waals surface area contributed by atoms with Crippen LogP contribution in [0.5, 0.6) is 0 Å². The van der Waals surface area contributed by atoms with E-state index in [0.29, 0.717) is 12.2 Å². The third kappa shape index (κ3) is 3.98. The van der Waals surface area contributed by atoms with Gasteiger partial charge in [0, 0.05) is 24.8 Å². The molecule has 0 N–H and O–H groups in total. The number of oxime groups is 1. The summed E-state index contributed by atoms with van der Waals surface area (Å²) in [5.74, 6) is 0.473. The van der Waals surface area contributed by atoms with E-state index in [0.717, 1.165) is 9.73 Å². The number of alkyl halides is 3. The molecule has 0 saturated carbocycles. The molecule has 1 aromatic rings. The fraction of sp³-hybridized carbons (Fsp3) is 0.538. The lowest BCUT2D eigenvalue weighted by Gasteiger charge is -2.12. The Morgan fingerprint density at radius 3 is 2.68 bits per heavy atom. The first-order chi connectivity index (χ1) is 10.1. The topological polar surface area (TPSA) is 39.4 Å². The monoisotopic (exact) mass is 353 g/mol. The molecule has 0 bridgehead atoms. The maximum Gasteiger partial charge on any atom is 0.435 e. The van der Waals surface area contributed by atoms with Crippen molar-refractivity contribution >= 4 is 34.5 Å². The van der Waals surface area contributed by atoms with Crippen LogP contribution in [0.4, 0.5) is 13.2 Å². The Labute approximate surface area is 135 Å². The Morgan fingerprint density at radius 2 is 2.14 bits per heavy atom. The SMILES string of the molecule is Cn1nc(C(F)(F)F)c(C=CCSC2=NOC(C)(C)C2)c1Cl. The van der Waals surface area contributed by atoms with Gasteiger partial charge >= 0.3 is 6.18 Å². The molecule has 0 atom stereocenters. The highest BCUT2D eigenvalue weighted by Gasteiger charge is 2.37. The molecule has 22 heavy (non-hydrogen) atoms. The standard InChI is InChI=1S/C13H15ClF3N3OS/c1-12(2)7-9(19-21-12)22-6-4-5-8-10(13(15,16)17)18-20(3)11(8)14/h4-5H,6-7H2,1-3H3. The first kappa shape index (κ1) is 17.2. The van der Waals surface area contributed by atoms with Gasteiger partial charge in [-0.1, -0.05) is 28.9 Å². The van der Waals surface area contributed by atoms with Crippen LogP contribution in [0.1, 0.15) is 31.5 Å². The molecule has 0 fully saturated rings. The van der Waals surface area contributed by atoms with Crippen LogP contribution in [0.15, 0.2) is 11.2 Å². The summed E-state index contributed by atoms with van der Waals surface area (Å²) in [5, 5.41) is 8.13. The highest BCUT2D eigenvalue weighted by molar-refractivity contribution is 8.14. The Kier molecular flexibility index (Phi) is 4.81. The molecule has 9 heteroatoms. The van der Waals surface area contributed by atoms with Gasteiger partial charge in [0.05, 0.1) is 0 Å². The molecule has 0 amide bonds. The smallest absolute Gasteiger partial charge is 0.389 e. The van der Waals surface area contributed by atoms with E-state index in [9.17, 15) is 13.2 Å². The molecular formula is C13H15ClF3N3OS. The van der Waals surface area contributed by atoms with E-state index in [1.807, 2.05) is 13.8 Å². The molecule has 0 aromatic carbocycles. The van der Waals surface area contributed by atoms with E-state index in [-0.39, 0.29) is 16.3 Å². The van der Waals surface area contributed by atoms with E-state index in [4.69, 9.17) is 16.4 Å². The summed E-state index contributed by atoms with van der Waals surface area (Å²) in [4.78, 5) is 5.21. The van der Waals surface area contributed by atoms with Crippen LogP contribution >= 0.6 is 23.4 Å². The van der Waals surface area contributed by atoms with E-state index in [2.05, 4.69) is 10.3 Å². The zero-order chi connectivity index (χ0) is 16.5. The molecule has 0 radical (unpaired) electrons. The maximum absolute atomic E-state index is 12.9. The number of aromatic nitrogens is 2. The summed E-state index contributed by atoms with van der Waals surface area (Å²) in [6.45, 7) is 3.84. The summed E-state index contributed by atoms with van der Waals surface area (Å²) in [5.41, 5.74) is -1.42. The Morgan fingerprint density at radius 1 is 1.45 bits per heavy atom. The molecule has 2 heterocycles. The lowest BCUT2D eigenvalue weighted by Crippen LogP contribution is -2.18. The molecule has 1 aliphatic rings. The normalized spacial score (nSPS) is 17.9. The van der Waals surface area contributed by atoms with Gasteiger partial charge in [-0.25, -0.2) is 0 Å².